The van der Waals surface area contributed by atoms with Crippen LogP contribution in [-0.4, -0.2) is 6.54 Å². The Bertz CT molecular complexity index is 617. The van der Waals surface area contributed by atoms with Crippen molar-refractivity contribution in [1.29, 1.82) is 0 Å². The van der Waals surface area contributed by atoms with E-state index in [0.717, 1.165) is 24.1 Å². The topological polar surface area (TPSA) is 21.3 Å². The Kier molecular flexibility index (Phi) is 4.01. The monoisotopic (exact) mass is 291 g/mol. The van der Waals surface area contributed by atoms with Crippen LogP contribution in [0.3, 0.4) is 0 Å². The molecule has 1 N–H and O–H groups in total. The largest absolute Gasteiger partial charge is 0.354 e. The number of nitrogens with one attached hydrogen (secondary N) is 1. The molecule has 0 radical (unpaired) electrons. The smallest absolute Gasteiger partial charge is 0.142 e. The molecule has 0 fully saturated rings. The van der Waals surface area contributed by atoms with Crippen LogP contribution in [0, 0.1) is 5.82 Å². The fourth-order valence-electron chi connectivity index (χ4n) is 2.42. The normalized spacial score (nSPS) is 17.8. The Morgan fingerprint density at radius 3 is 2.95 bits per heavy atom. The first-order valence-corrected chi connectivity index (χ1v) is 6.98. The lowest BCUT2D eigenvalue weighted by Crippen LogP contribution is -2.31. The van der Waals surface area contributed by atoms with Gasteiger partial charge in [-0.05, 0) is 35.2 Å². The van der Waals surface area contributed by atoms with Crippen LogP contribution in [0.15, 0.2) is 42.5 Å². The van der Waals surface area contributed by atoms with E-state index in [9.17, 15) is 4.39 Å². The lowest BCUT2D eigenvalue weighted by atomic mass is 10.00. The molecule has 0 aliphatic carbocycles. The van der Waals surface area contributed by atoms with Crippen LogP contribution in [0.4, 0.5) is 4.39 Å². The van der Waals surface area contributed by atoms with Crippen LogP contribution in [-0.2, 0) is 17.8 Å². The maximum Gasteiger partial charge on any atom is 0.142 e. The second kappa shape index (κ2) is 5.92. The van der Waals surface area contributed by atoms with Crippen LogP contribution < -0.4 is 5.32 Å². The molecule has 1 heterocycles. The summed E-state index contributed by atoms with van der Waals surface area (Å²) in [6.07, 6.45) is 0.865. The minimum absolute atomic E-state index is 0.134. The van der Waals surface area contributed by atoms with Gasteiger partial charge in [0.05, 0.1) is 11.6 Å². The maximum atomic E-state index is 13.4. The number of benzene rings is 2. The minimum Gasteiger partial charge on any atom is -0.354 e. The second-order valence-corrected chi connectivity index (χ2v) is 5.25. The summed E-state index contributed by atoms with van der Waals surface area (Å²) in [6.45, 7) is 1.23. The van der Waals surface area contributed by atoms with E-state index in [4.69, 9.17) is 16.3 Å². The average Bonchev–Trinajstić information content (AvgIpc) is 2.48. The molecule has 2 aromatic carbocycles. The summed E-state index contributed by atoms with van der Waals surface area (Å²) in [5, 5.41) is 3.46. The van der Waals surface area contributed by atoms with Crippen molar-refractivity contribution in [1.82, 2.24) is 5.32 Å². The lowest BCUT2D eigenvalue weighted by molar-refractivity contribution is 0.0120. The van der Waals surface area contributed by atoms with E-state index < -0.39 is 5.82 Å². The van der Waals surface area contributed by atoms with Crippen molar-refractivity contribution in [3.63, 3.8) is 0 Å². The van der Waals surface area contributed by atoms with Gasteiger partial charge in [0.15, 0.2) is 0 Å². The first-order valence-electron chi connectivity index (χ1n) is 6.61. The summed E-state index contributed by atoms with van der Waals surface area (Å²) in [5.41, 5.74) is 3.24. The summed E-state index contributed by atoms with van der Waals surface area (Å²) < 4.78 is 19.3. The van der Waals surface area contributed by atoms with Crippen molar-refractivity contribution in [2.24, 2.45) is 0 Å². The molecular formula is C16H15ClFNO. The average molecular weight is 292 g/mol. The molecule has 1 aliphatic rings. The zero-order valence-electron chi connectivity index (χ0n) is 10.9. The molecule has 1 aliphatic heterocycles. The second-order valence-electron chi connectivity index (χ2n) is 4.84. The van der Waals surface area contributed by atoms with E-state index in [1.165, 1.54) is 11.6 Å². The van der Waals surface area contributed by atoms with Gasteiger partial charge >= 0.3 is 0 Å². The SMILES string of the molecule is Fc1cc(COC2NCCc3ccccc32)ccc1Cl. The molecule has 3 rings (SSSR count). The number of halogens is 2. The highest BCUT2D eigenvalue weighted by atomic mass is 35.5. The zero-order valence-corrected chi connectivity index (χ0v) is 11.7. The molecule has 4 heteroatoms. The Labute approximate surface area is 122 Å². The summed E-state index contributed by atoms with van der Waals surface area (Å²) in [5.74, 6) is -0.412. The Morgan fingerprint density at radius 2 is 2.10 bits per heavy atom. The molecule has 1 unspecified atom stereocenters. The third-order valence-electron chi connectivity index (χ3n) is 3.46. The van der Waals surface area contributed by atoms with Crippen molar-refractivity contribution in [2.75, 3.05) is 6.54 Å². The molecular weight excluding hydrogens is 277 g/mol. The number of hydrogen-bond acceptors (Lipinski definition) is 2. The molecule has 0 spiro atoms. The van der Waals surface area contributed by atoms with Crippen molar-refractivity contribution in [3.8, 4) is 0 Å². The van der Waals surface area contributed by atoms with Crippen LogP contribution in [0.1, 0.15) is 22.9 Å². The van der Waals surface area contributed by atoms with Gasteiger partial charge in [-0.15, -0.1) is 0 Å². The molecule has 20 heavy (non-hydrogen) atoms. The molecule has 2 nitrogen and oxygen atoms in total. The van der Waals surface area contributed by atoms with E-state index >= 15 is 0 Å². The molecule has 0 aromatic heterocycles. The van der Waals surface area contributed by atoms with Crippen LogP contribution in [0.25, 0.3) is 0 Å². The van der Waals surface area contributed by atoms with Gasteiger partial charge in [0.25, 0.3) is 0 Å². The Hall–Kier alpha value is -1.42. The van der Waals surface area contributed by atoms with Crippen molar-refractivity contribution in [3.05, 3.63) is 70.0 Å². The Morgan fingerprint density at radius 1 is 1.25 bits per heavy atom. The van der Waals surface area contributed by atoms with E-state index in [-0.39, 0.29) is 11.3 Å². The van der Waals surface area contributed by atoms with Gasteiger partial charge in [-0.1, -0.05) is 41.9 Å². The summed E-state index contributed by atoms with van der Waals surface area (Å²) in [4.78, 5) is 0. The highest BCUT2D eigenvalue weighted by molar-refractivity contribution is 6.30. The van der Waals surface area contributed by atoms with Gasteiger partial charge < -0.3 is 4.74 Å². The first-order chi connectivity index (χ1) is 9.74. The molecule has 0 saturated carbocycles. The highest BCUT2D eigenvalue weighted by Crippen LogP contribution is 2.25. The fourth-order valence-corrected chi connectivity index (χ4v) is 2.54. The van der Waals surface area contributed by atoms with Crippen molar-refractivity contribution >= 4 is 11.6 Å². The maximum absolute atomic E-state index is 13.4. The van der Waals surface area contributed by atoms with Gasteiger partial charge in [-0.25, -0.2) is 4.39 Å². The third kappa shape index (κ3) is 2.85. The summed E-state index contributed by atoms with van der Waals surface area (Å²) >= 11 is 5.67. The molecule has 0 bridgehead atoms. The first kappa shape index (κ1) is 13.6. The van der Waals surface area contributed by atoms with Crippen LogP contribution >= 0.6 is 11.6 Å². The summed E-state index contributed by atoms with van der Waals surface area (Å²) in [6, 6.07) is 13.0. The van der Waals surface area contributed by atoms with Crippen molar-refractivity contribution < 1.29 is 9.13 Å². The van der Waals surface area contributed by atoms with Crippen LogP contribution in [0.2, 0.25) is 5.02 Å². The van der Waals surface area contributed by atoms with Crippen LogP contribution in [0.5, 0.6) is 0 Å². The Balaban J connectivity index is 1.71. The van der Waals surface area contributed by atoms with E-state index in [1.54, 1.807) is 12.1 Å². The van der Waals surface area contributed by atoms with Gasteiger partial charge in [0, 0.05) is 6.54 Å². The third-order valence-corrected chi connectivity index (χ3v) is 3.77. The molecule has 0 saturated heterocycles. The summed E-state index contributed by atoms with van der Waals surface area (Å²) in [7, 11) is 0. The van der Waals surface area contributed by atoms with Gasteiger partial charge in [-0.2, -0.15) is 0 Å². The van der Waals surface area contributed by atoms with E-state index in [2.05, 4.69) is 17.4 Å². The number of rotatable bonds is 3. The molecule has 1 atom stereocenters. The van der Waals surface area contributed by atoms with Gasteiger partial charge in [-0.3, -0.25) is 5.32 Å². The van der Waals surface area contributed by atoms with E-state index in [1.807, 2.05) is 12.1 Å². The predicted molar refractivity (Wildman–Crippen MR) is 77.1 cm³/mol. The quantitative estimate of drug-likeness (QED) is 0.928. The molecule has 104 valence electrons. The number of hydrogen-bond donors (Lipinski definition) is 1. The fraction of sp³-hybridized carbons (Fsp3) is 0.250. The molecule has 2 aromatic rings. The van der Waals surface area contributed by atoms with Crippen molar-refractivity contribution in [2.45, 2.75) is 19.3 Å². The molecule has 0 amide bonds. The van der Waals surface area contributed by atoms with Gasteiger partial charge in [0.2, 0.25) is 0 Å². The highest BCUT2D eigenvalue weighted by Gasteiger charge is 2.19. The zero-order chi connectivity index (χ0) is 13.9. The standard InChI is InChI=1S/C16H15ClFNO/c17-14-6-5-11(9-15(14)18)10-20-16-13-4-2-1-3-12(13)7-8-19-16/h1-6,9,16,19H,7-8,10H2. The van der Waals surface area contributed by atoms with Gasteiger partial charge in [0.1, 0.15) is 12.0 Å². The number of ether oxygens (including phenoxy) is 1. The lowest BCUT2D eigenvalue weighted by Gasteiger charge is -2.27. The minimum atomic E-state index is -0.412. The number of fused-ring (bicyclic) bond motifs is 1. The van der Waals surface area contributed by atoms with E-state index in [0.29, 0.717) is 6.61 Å². The predicted octanol–water partition coefficient (Wildman–Crippen LogP) is 3.84.